The zero-order valence-electron chi connectivity index (χ0n) is 13.1. The van der Waals surface area contributed by atoms with E-state index in [1.165, 1.54) is 11.3 Å². The third-order valence-corrected chi connectivity index (χ3v) is 4.12. The number of carbonyl (C=O) groups excluding carboxylic acids is 2. The molecule has 7 heteroatoms. The van der Waals surface area contributed by atoms with Crippen molar-refractivity contribution in [3.63, 3.8) is 0 Å². The Hall–Kier alpha value is -2.28. The number of aromatic nitrogens is 2. The summed E-state index contributed by atoms with van der Waals surface area (Å²) < 4.78 is 5.14. The van der Waals surface area contributed by atoms with Crippen LogP contribution in [0.15, 0.2) is 29.8 Å². The third kappa shape index (κ3) is 5.45. The second-order valence-corrected chi connectivity index (χ2v) is 5.88. The first-order valence-electron chi connectivity index (χ1n) is 7.39. The lowest BCUT2D eigenvalue weighted by Gasteiger charge is -2.13. The summed E-state index contributed by atoms with van der Waals surface area (Å²) in [4.78, 5) is 32.2. The third-order valence-electron chi connectivity index (χ3n) is 3.07. The van der Waals surface area contributed by atoms with Crippen molar-refractivity contribution in [1.29, 1.82) is 0 Å². The Labute approximate surface area is 138 Å². The summed E-state index contributed by atoms with van der Waals surface area (Å²) in [6, 6.07) is 5.46. The first-order valence-corrected chi connectivity index (χ1v) is 8.26. The highest BCUT2D eigenvalue weighted by Gasteiger charge is 2.18. The van der Waals surface area contributed by atoms with Gasteiger partial charge in [0.25, 0.3) is 5.91 Å². The quantitative estimate of drug-likeness (QED) is 0.783. The van der Waals surface area contributed by atoms with Crippen LogP contribution < -0.4 is 5.32 Å². The number of hydrogen-bond acceptors (Lipinski definition) is 6. The van der Waals surface area contributed by atoms with Crippen LogP contribution in [0.25, 0.3) is 0 Å². The van der Waals surface area contributed by atoms with Crippen LogP contribution in [-0.2, 0) is 33.7 Å². The fourth-order valence-electron chi connectivity index (χ4n) is 1.86. The SMILES string of the molecule is CCc1nc(CC(=O)O[C@H](C)C(=O)NCc2ccccn2)cs1. The van der Waals surface area contributed by atoms with Crippen LogP contribution >= 0.6 is 11.3 Å². The summed E-state index contributed by atoms with van der Waals surface area (Å²) in [6.45, 7) is 3.85. The number of amides is 1. The molecule has 0 aliphatic rings. The van der Waals surface area contributed by atoms with E-state index in [-0.39, 0.29) is 12.3 Å². The molecule has 1 atom stereocenters. The van der Waals surface area contributed by atoms with Gasteiger partial charge in [-0.1, -0.05) is 13.0 Å². The van der Waals surface area contributed by atoms with Gasteiger partial charge in [-0.25, -0.2) is 4.98 Å². The maximum Gasteiger partial charge on any atom is 0.312 e. The van der Waals surface area contributed by atoms with Gasteiger partial charge >= 0.3 is 5.97 Å². The largest absolute Gasteiger partial charge is 0.452 e. The Kier molecular flexibility index (Phi) is 6.22. The number of rotatable bonds is 7. The standard InChI is InChI=1S/C16H19N3O3S/c1-3-14-19-13(10-23-14)8-15(20)22-11(2)16(21)18-9-12-6-4-5-7-17-12/h4-7,10-11H,3,8-9H2,1-2H3,(H,18,21)/t11-/m1/s1. The summed E-state index contributed by atoms with van der Waals surface area (Å²) in [5.74, 6) is -0.810. The highest BCUT2D eigenvalue weighted by Crippen LogP contribution is 2.11. The Morgan fingerprint density at radius 3 is 2.83 bits per heavy atom. The minimum Gasteiger partial charge on any atom is -0.452 e. The van der Waals surface area contributed by atoms with Crippen LogP contribution in [-0.4, -0.2) is 27.9 Å². The van der Waals surface area contributed by atoms with Gasteiger partial charge in [-0.05, 0) is 25.5 Å². The molecule has 122 valence electrons. The number of hydrogen-bond donors (Lipinski definition) is 1. The molecule has 2 heterocycles. The van der Waals surface area contributed by atoms with E-state index in [4.69, 9.17) is 4.74 Å². The summed E-state index contributed by atoms with van der Waals surface area (Å²) >= 11 is 1.52. The molecule has 0 spiro atoms. The average molecular weight is 333 g/mol. The van der Waals surface area contributed by atoms with E-state index >= 15 is 0 Å². The molecule has 2 aromatic heterocycles. The van der Waals surface area contributed by atoms with Crippen molar-refractivity contribution in [2.75, 3.05) is 0 Å². The first-order chi connectivity index (χ1) is 11.1. The second-order valence-electron chi connectivity index (χ2n) is 4.93. The minimum absolute atomic E-state index is 0.0777. The zero-order chi connectivity index (χ0) is 16.7. The number of ether oxygens (including phenoxy) is 1. The van der Waals surface area contributed by atoms with Gasteiger partial charge in [0, 0.05) is 11.6 Å². The molecule has 1 N–H and O–H groups in total. The normalized spacial score (nSPS) is 11.7. The number of thiazole rings is 1. The molecule has 0 aliphatic carbocycles. The molecular weight excluding hydrogens is 314 g/mol. The Morgan fingerprint density at radius 2 is 2.17 bits per heavy atom. The maximum absolute atomic E-state index is 11.9. The molecule has 0 saturated carbocycles. The van der Waals surface area contributed by atoms with E-state index in [9.17, 15) is 9.59 Å². The Bertz CT molecular complexity index is 658. The fraction of sp³-hybridized carbons (Fsp3) is 0.375. The smallest absolute Gasteiger partial charge is 0.312 e. The van der Waals surface area contributed by atoms with Crippen LogP contribution in [0.2, 0.25) is 0 Å². The molecule has 2 aromatic rings. The average Bonchev–Trinajstić information content (AvgIpc) is 3.00. The van der Waals surface area contributed by atoms with Crippen molar-refractivity contribution in [1.82, 2.24) is 15.3 Å². The number of aryl methyl sites for hydroxylation is 1. The van der Waals surface area contributed by atoms with Crippen LogP contribution in [0, 0.1) is 0 Å². The molecule has 0 bridgehead atoms. The summed E-state index contributed by atoms with van der Waals surface area (Å²) in [5.41, 5.74) is 1.42. The monoisotopic (exact) mass is 333 g/mol. The van der Waals surface area contributed by atoms with Crippen molar-refractivity contribution in [3.05, 3.63) is 46.2 Å². The fourth-order valence-corrected chi connectivity index (χ4v) is 2.60. The van der Waals surface area contributed by atoms with E-state index in [2.05, 4.69) is 15.3 Å². The molecule has 0 saturated heterocycles. The maximum atomic E-state index is 11.9. The van der Waals surface area contributed by atoms with Crippen molar-refractivity contribution >= 4 is 23.2 Å². The van der Waals surface area contributed by atoms with Gasteiger partial charge in [-0.2, -0.15) is 0 Å². The second kappa shape index (κ2) is 8.38. The van der Waals surface area contributed by atoms with Gasteiger partial charge in [-0.15, -0.1) is 11.3 Å². The van der Waals surface area contributed by atoms with E-state index in [1.807, 2.05) is 24.4 Å². The lowest BCUT2D eigenvalue weighted by Crippen LogP contribution is -2.35. The van der Waals surface area contributed by atoms with Gasteiger partial charge in [0.1, 0.15) is 0 Å². The molecule has 6 nitrogen and oxygen atoms in total. The lowest BCUT2D eigenvalue weighted by atomic mass is 10.3. The van der Waals surface area contributed by atoms with E-state index in [0.717, 1.165) is 17.1 Å². The van der Waals surface area contributed by atoms with Crippen molar-refractivity contribution in [3.8, 4) is 0 Å². The number of nitrogens with zero attached hydrogens (tertiary/aromatic N) is 2. The highest BCUT2D eigenvalue weighted by molar-refractivity contribution is 7.09. The molecule has 2 rings (SSSR count). The number of esters is 1. The van der Waals surface area contributed by atoms with Gasteiger partial charge in [0.05, 0.1) is 29.4 Å². The van der Waals surface area contributed by atoms with E-state index in [0.29, 0.717) is 12.2 Å². The highest BCUT2D eigenvalue weighted by atomic mass is 32.1. The first kappa shape index (κ1) is 17.1. The van der Waals surface area contributed by atoms with Crippen LogP contribution in [0.1, 0.15) is 30.2 Å². The Balaban J connectivity index is 1.77. The predicted molar refractivity (Wildman–Crippen MR) is 86.8 cm³/mol. The lowest BCUT2D eigenvalue weighted by molar-refractivity contribution is -0.154. The number of carbonyl (C=O) groups is 2. The minimum atomic E-state index is -0.851. The van der Waals surface area contributed by atoms with E-state index in [1.54, 1.807) is 19.2 Å². The van der Waals surface area contributed by atoms with Crippen molar-refractivity contribution < 1.29 is 14.3 Å². The van der Waals surface area contributed by atoms with Gasteiger partial charge in [0.2, 0.25) is 0 Å². The molecule has 0 radical (unpaired) electrons. The Morgan fingerprint density at radius 1 is 1.35 bits per heavy atom. The van der Waals surface area contributed by atoms with Crippen LogP contribution in [0.4, 0.5) is 0 Å². The van der Waals surface area contributed by atoms with Gasteiger partial charge < -0.3 is 10.1 Å². The summed E-state index contributed by atoms with van der Waals surface area (Å²) in [7, 11) is 0. The summed E-state index contributed by atoms with van der Waals surface area (Å²) in [6.07, 6.45) is 1.72. The molecule has 0 unspecified atom stereocenters. The van der Waals surface area contributed by atoms with Crippen molar-refractivity contribution in [2.45, 2.75) is 39.3 Å². The molecular formula is C16H19N3O3S. The van der Waals surface area contributed by atoms with Crippen molar-refractivity contribution in [2.24, 2.45) is 0 Å². The van der Waals surface area contributed by atoms with Crippen LogP contribution in [0.3, 0.4) is 0 Å². The molecule has 0 aromatic carbocycles. The van der Waals surface area contributed by atoms with Crippen LogP contribution in [0.5, 0.6) is 0 Å². The predicted octanol–water partition coefficient (Wildman–Crippen LogP) is 1.89. The molecule has 1 amide bonds. The molecule has 23 heavy (non-hydrogen) atoms. The van der Waals surface area contributed by atoms with E-state index < -0.39 is 12.1 Å². The van der Waals surface area contributed by atoms with Gasteiger partial charge in [-0.3, -0.25) is 14.6 Å². The summed E-state index contributed by atoms with van der Waals surface area (Å²) in [5, 5.41) is 5.51. The molecule has 0 aliphatic heterocycles. The zero-order valence-corrected chi connectivity index (χ0v) is 13.9. The number of nitrogens with one attached hydrogen (secondary N) is 1. The molecule has 0 fully saturated rings. The van der Waals surface area contributed by atoms with Gasteiger partial charge in [0.15, 0.2) is 6.10 Å². The topological polar surface area (TPSA) is 81.2 Å². The number of pyridine rings is 1.